The molecule has 0 saturated carbocycles. The second-order valence-electron chi connectivity index (χ2n) is 3.69. The number of aryl methyl sites for hydroxylation is 1. The Balaban J connectivity index is 2.21. The van der Waals surface area contributed by atoms with Crippen LogP contribution in [0.5, 0.6) is 0 Å². The van der Waals surface area contributed by atoms with Crippen molar-refractivity contribution < 1.29 is 5.11 Å². The highest BCUT2D eigenvalue weighted by atomic mass is 16.3. The summed E-state index contributed by atoms with van der Waals surface area (Å²) in [6.07, 6.45) is 3.32. The summed E-state index contributed by atoms with van der Waals surface area (Å²) in [5.74, 6) is 0. The highest BCUT2D eigenvalue weighted by Crippen LogP contribution is 2.22. The molecule has 78 valence electrons. The summed E-state index contributed by atoms with van der Waals surface area (Å²) in [6, 6.07) is 0. The van der Waals surface area contributed by atoms with Gasteiger partial charge in [-0.05, 0) is 32.2 Å². The van der Waals surface area contributed by atoms with E-state index in [1.807, 2.05) is 4.68 Å². The van der Waals surface area contributed by atoms with Crippen molar-refractivity contribution in [1.82, 2.24) is 15.0 Å². The van der Waals surface area contributed by atoms with Crippen LogP contribution in [0.25, 0.3) is 0 Å². The van der Waals surface area contributed by atoms with Gasteiger partial charge in [-0.3, -0.25) is 0 Å². The van der Waals surface area contributed by atoms with Gasteiger partial charge in [0.25, 0.3) is 0 Å². The largest absolute Gasteiger partial charge is 0.387 e. The maximum Gasteiger partial charge on any atom is 0.114 e. The molecule has 3 N–H and O–H groups in total. The van der Waals surface area contributed by atoms with Crippen LogP contribution in [-0.4, -0.2) is 26.6 Å². The molecule has 5 nitrogen and oxygen atoms in total. The number of nitrogens with two attached hydrogens (primary N) is 1. The molecule has 0 fully saturated rings. The van der Waals surface area contributed by atoms with Crippen LogP contribution < -0.4 is 5.73 Å². The Morgan fingerprint density at radius 1 is 1.50 bits per heavy atom. The van der Waals surface area contributed by atoms with E-state index in [2.05, 4.69) is 10.3 Å². The minimum atomic E-state index is -0.540. The lowest BCUT2D eigenvalue weighted by molar-refractivity contribution is 0.164. The van der Waals surface area contributed by atoms with Gasteiger partial charge in [0.05, 0.1) is 5.69 Å². The van der Waals surface area contributed by atoms with E-state index in [-0.39, 0.29) is 0 Å². The van der Waals surface area contributed by atoms with Gasteiger partial charge in [-0.15, -0.1) is 5.10 Å². The van der Waals surface area contributed by atoms with E-state index in [1.165, 1.54) is 0 Å². The quantitative estimate of drug-likeness (QED) is 0.713. The smallest absolute Gasteiger partial charge is 0.114 e. The lowest BCUT2D eigenvalue weighted by Crippen LogP contribution is -2.14. The average Bonchev–Trinajstić information content (AvgIpc) is 2.61. The van der Waals surface area contributed by atoms with Crippen LogP contribution in [0.2, 0.25) is 0 Å². The SMILES string of the molecule is NCCC(O)c1nnn2c1CCCC2. The summed E-state index contributed by atoms with van der Waals surface area (Å²) >= 11 is 0. The molecule has 0 aliphatic carbocycles. The van der Waals surface area contributed by atoms with Gasteiger partial charge in [-0.25, -0.2) is 4.68 Å². The minimum Gasteiger partial charge on any atom is -0.387 e. The molecule has 0 radical (unpaired) electrons. The van der Waals surface area contributed by atoms with E-state index >= 15 is 0 Å². The topological polar surface area (TPSA) is 77.0 Å². The summed E-state index contributed by atoms with van der Waals surface area (Å²) in [7, 11) is 0. The predicted octanol–water partition coefficient (Wildman–Crippen LogP) is -0.00340. The summed E-state index contributed by atoms with van der Waals surface area (Å²) in [4.78, 5) is 0. The highest BCUT2D eigenvalue weighted by molar-refractivity contribution is 5.14. The molecule has 0 saturated heterocycles. The van der Waals surface area contributed by atoms with Crippen molar-refractivity contribution in [3.05, 3.63) is 11.4 Å². The van der Waals surface area contributed by atoms with Gasteiger partial charge in [-0.2, -0.15) is 0 Å². The van der Waals surface area contributed by atoms with Crippen molar-refractivity contribution in [3.63, 3.8) is 0 Å². The first-order chi connectivity index (χ1) is 6.83. The number of hydrogen-bond donors (Lipinski definition) is 2. The Hall–Kier alpha value is -0.940. The van der Waals surface area contributed by atoms with Crippen LogP contribution in [0.15, 0.2) is 0 Å². The highest BCUT2D eigenvalue weighted by Gasteiger charge is 2.21. The predicted molar refractivity (Wildman–Crippen MR) is 51.6 cm³/mol. The van der Waals surface area contributed by atoms with Crippen molar-refractivity contribution >= 4 is 0 Å². The fourth-order valence-electron chi connectivity index (χ4n) is 1.89. The fraction of sp³-hybridized carbons (Fsp3) is 0.778. The molecule has 2 heterocycles. The third-order valence-electron chi connectivity index (χ3n) is 2.66. The van der Waals surface area contributed by atoms with E-state index in [0.717, 1.165) is 37.2 Å². The Labute approximate surface area is 82.9 Å². The monoisotopic (exact) mass is 196 g/mol. The van der Waals surface area contributed by atoms with Gasteiger partial charge < -0.3 is 10.8 Å². The first-order valence-corrected chi connectivity index (χ1v) is 5.13. The molecule has 2 rings (SSSR count). The number of aliphatic hydroxyl groups is 1. The van der Waals surface area contributed by atoms with Crippen LogP contribution in [-0.2, 0) is 13.0 Å². The number of hydrogen-bond acceptors (Lipinski definition) is 4. The molecule has 14 heavy (non-hydrogen) atoms. The Bertz CT molecular complexity index is 310. The maximum atomic E-state index is 9.77. The van der Waals surface area contributed by atoms with Gasteiger partial charge in [-0.1, -0.05) is 5.21 Å². The maximum absolute atomic E-state index is 9.77. The third-order valence-corrected chi connectivity index (χ3v) is 2.66. The summed E-state index contributed by atoms with van der Waals surface area (Å²) < 4.78 is 1.90. The Kier molecular flexibility index (Phi) is 2.79. The Morgan fingerprint density at radius 2 is 2.36 bits per heavy atom. The third kappa shape index (κ3) is 1.65. The van der Waals surface area contributed by atoms with Crippen molar-refractivity contribution in [2.75, 3.05) is 6.54 Å². The molecule has 1 unspecified atom stereocenters. The molecule has 1 aromatic rings. The van der Waals surface area contributed by atoms with Gasteiger partial charge in [0, 0.05) is 6.54 Å². The molecule has 0 amide bonds. The van der Waals surface area contributed by atoms with Crippen molar-refractivity contribution in [1.29, 1.82) is 0 Å². The number of aliphatic hydroxyl groups excluding tert-OH is 1. The number of aromatic nitrogens is 3. The number of nitrogens with zero attached hydrogens (tertiary/aromatic N) is 3. The van der Waals surface area contributed by atoms with Crippen LogP contribution in [0.4, 0.5) is 0 Å². The molecule has 0 spiro atoms. The van der Waals surface area contributed by atoms with Gasteiger partial charge >= 0.3 is 0 Å². The number of rotatable bonds is 3. The van der Waals surface area contributed by atoms with Gasteiger partial charge in [0.2, 0.25) is 0 Å². The first-order valence-electron chi connectivity index (χ1n) is 5.13. The zero-order chi connectivity index (χ0) is 9.97. The van der Waals surface area contributed by atoms with Crippen LogP contribution in [0, 0.1) is 0 Å². The zero-order valence-corrected chi connectivity index (χ0v) is 8.19. The molecule has 1 aliphatic rings. The van der Waals surface area contributed by atoms with Crippen molar-refractivity contribution in [2.24, 2.45) is 5.73 Å². The van der Waals surface area contributed by atoms with Crippen LogP contribution >= 0.6 is 0 Å². The fourth-order valence-corrected chi connectivity index (χ4v) is 1.89. The van der Waals surface area contributed by atoms with Crippen molar-refractivity contribution in [3.8, 4) is 0 Å². The van der Waals surface area contributed by atoms with Crippen LogP contribution in [0.1, 0.15) is 36.8 Å². The van der Waals surface area contributed by atoms with Gasteiger partial charge in [0.15, 0.2) is 0 Å². The van der Waals surface area contributed by atoms with E-state index in [9.17, 15) is 5.11 Å². The zero-order valence-electron chi connectivity index (χ0n) is 8.19. The Morgan fingerprint density at radius 3 is 3.14 bits per heavy atom. The summed E-state index contributed by atoms with van der Waals surface area (Å²) in [6.45, 7) is 1.41. The van der Waals surface area contributed by atoms with E-state index in [1.54, 1.807) is 0 Å². The molecule has 1 aliphatic heterocycles. The summed E-state index contributed by atoms with van der Waals surface area (Å²) in [5.41, 5.74) is 7.22. The second kappa shape index (κ2) is 4.06. The lowest BCUT2D eigenvalue weighted by Gasteiger charge is -2.14. The standard InChI is InChI=1S/C9H16N4O/c10-5-4-8(14)9-7-3-1-2-6-13(7)12-11-9/h8,14H,1-6,10H2. The minimum absolute atomic E-state index is 0.480. The first kappa shape index (κ1) is 9.61. The van der Waals surface area contributed by atoms with Gasteiger partial charge in [0.1, 0.15) is 11.8 Å². The van der Waals surface area contributed by atoms with E-state index in [0.29, 0.717) is 13.0 Å². The van der Waals surface area contributed by atoms with E-state index < -0.39 is 6.10 Å². The normalized spacial score (nSPS) is 17.9. The molecule has 1 aromatic heterocycles. The lowest BCUT2D eigenvalue weighted by atomic mass is 10.0. The molecular weight excluding hydrogens is 180 g/mol. The average molecular weight is 196 g/mol. The molecule has 1 atom stereocenters. The molecule has 0 bridgehead atoms. The molecular formula is C9H16N4O. The summed E-state index contributed by atoms with van der Waals surface area (Å²) in [5, 5.41) is 17.8. The van der Waals surface area contributed by atoms with Crippen molar-refractivity contribution in [2.45, 2.75) is 38.3 Å². The number of fused-ring (bicyclic) bond motifs is 1. The van der Waals surface area contributed by atoms with Crippen LogP contribution in [0.3, 0.4) is 0 Å². The molecule has 0 aromatic carbocycles. The molecule has 5 heteroatoms. The second-order valence-corrected chi connectivity index (χ2v) is 3.69. The van der Waals surface area contributed by atoms with E-state index in [4.69, 9.17) is 5.73 Å².